The van der Waals surface area contributed by atoms with E-state index in [2.05, 4.69) is 4.98 Å². The lowest BCUT2D eigenvalue weighted by Crippen LogP contribution is -2.34. The van der Waals surface area contributed by atoms with Crippen molar-refractivity contribution < 1.29 is 24.5 Å². The minimum Gasteiger partial charge on any atom is -0.463 e. The van der Waals surface area contributed by atoms with Crippen LogP contribution in [0.5, 0.6) is 0 Å². The topological polar surface area (TPSA) is 142 Å². The van der Waals surface area contributed by atoms with Gasteiger partial charge in [-0.3, -0.25) is 14.6 Å². The maximum absolute atomic E-state index is 11.6. The number of esters is 1. The number of hydrogen-bond acceptors (Lipinski definition) is 7. The molecule has 0 saturated carbocycles. The molecule has 1 aliphatic rings. The molecule has 0 aromatic carbocycles. The minimum atomic E-state index is -1.37. The van der Waals surface area contributed by atoms with Gasteiger partial charge >= 0.3 is 11.7 Å². The first kappa shape index (κ1) is 14.4. The fourth-order valence-corrected chi connectivity index (χ4v) is 1.97. The predicted molar refractivity (Wildman–Crippen MR) is 63.9 cm³/mol. The Morgan fingerprint density at radius 1 is 1.40 bits per heavy atom. The van der Waals surface area contributed by atoms with E-state index in [0.717, 1.165) is 6.20 Å². The number of aliphatic hydroxyl groups is 2. The first-order chi connectivity index (χ1) is 9.40. The quantitative estimate of drug-likeness (QED) is 0.461. The van der Waals surface area contributed by atoms with Crippen LogP contribution in [0.3, 0.4) is 0 Å². The summed E-state index contributed by atoms with van der Waals surface area (Å²) in [6, 6.07) is 0. The second kappa shape index (κ2) is 5.57. The van der Waals surface area contributed by atoms with Crippen molar-refractivity contribution in [3.8, 4) is 0 Å². The molecule has 0 aliphatic carbocycles. The van der Waals surface area contributed by atoms with E-state index in [1.165, 1.54) is 6.92 Å². The van der Waals surface area contributed by atoms with Crippen molar-refractivity contribution in [1.29, 1.82) is 0 Å². The smallest absolute Gasteiger partial charge is 0.325 e. The Balaban J connectivity index is 2.19. The molecule has 4 N–H and O–H groups in total. The first-order valence-electron chi connectivity index (χ1n) is 5.87. The lowest BCUT2D eigenvalue weighted by atomic mass is 10.0. The molecule has 0 amide bonds. The van der Waals surface area contributed by atoms with Crippen molar-refractivity contribution in [2.75, 3.05) is 6.61 Å². The highest BCUT2D eigenvalue weighted by molar-refractivity contribution is 5.65. The van der Waals surface area contributed by atoms with Crippen LogP contribution in [0.25, 0.3) is 0 Å². The normalized spacial score (nSPS) is 29.4. The Bertz CT molecular complexity index is 607. The highest BCUT2D eigenvalue weighted by Gasteiger charge is 2.44. The van der Waals surface area contributed by atoms with Gasteiger partial charge in [-0.15, -0.1) is 0 Å². The van der Waals surface area contributed by atoms with Crippen LogP contribution in [0, 0.1) is 0 Å². The van der Waals surface area contributed by atoms with Crippen molar-refractivity contribution in [3.63, 3.8) is 0 Å². The van der Waals surface area contributed by atoms with Gasteiger partial charge in [0, 0.05) is 13.1 Å². The molecular weight excluding hydrogens is 272 g/mol. The van der Waals surface area contributed by atoms with Gasteiger partial charge in [0.15, 0.2) is 0 Å². The van der Waals surface area contributed by atoms with Crippen LogP contribution in [0.2, 0.25) is 0 Å². The lowest BCUT2D eigenvalue weighted by molar-refractivity contribution is -0.146. The van der Waals surface area contributed by atoms with E-state index in [0.29, 0.717) is 0 Å². The number of nitrogens with one attached hydrogen (secondary N) is 2. The molecule has 1 fully saturated rings. The molecule has 20 heavy (non-hydrogen) atoms. The van der Waals surface area contributed by atoms with Crippen LogP contribution >= 0.6 is 0 Å². The molecular formula is C11H14N2O7. The van der Waals surface area contributed by atoms with Crippen LogP contribution < -0.4 is 11.2 Å². The number of H-pyrrole nitrogens is 2. The van der Waals surface area contributed by atoms with E-state index in [9.17, 15) is 24.6 Å². The van der Waals surface area contributed by atoms with Crippen LogP contribution in [0.15, 0.2) is 15.8 Å². The summed E-state index contributed by atoms with van der Waals surface area (Å²) in [6.07, 6.45) is -3.65. The molecule has 9 nitrogen and oxygen atoms in total. The van der Waals surface area contributed by atoms with E-state index in [4.69, 9.17) is 9.47 Å². The number of aliphatic hydroxyl groups excluding tert-OH is 2. The third kappa shape index (κ3) is 2.79. The first-order valence-corrected chi connectivity index (χ1v) is 5.87. The van der Waals surface area contributed by atoms with Crippen LogP contribution in [-0.2, 0) is 14.3 Å². The second-order valence-corrected chi connectivity index (χ2v) is 4.41. The maximum Gasteiger partial charge on any atom is 0.325 e. The van der Waals surface area contributed by atoms with Gasteiger partial charge in [0.2, 0.25) is 0 Å². The van der Waals surface area contributed by atoms with Gasteiger partial charge in [-0.2, -0.15) is 0 Å². The molecule has 1 aliphatic heterocycles. The molecule has 110 valence electrons. The van der Waals surface area contributed by atoms with Gasteiger partial charge in [0.05, 0.1) is 5.56 Å². The van der Waals surface area contributed by atoms with Gasteiger partial charge in [-0.25, -0.2) is 4.79 Å². The Labute approximate surface area is 112 Å². The highest BCUT2D eigenvalue weighted by Crippen LogP contribution is 2.31. The number of aromatic nitrogens is 2. The average Bonchev–Trinajstić information content (AvgIpc) is 2.64. The molecule has 0 unspecified atom stereocenters. The Morgan fingerprint density at radius 3 is 2.70 bits per heavy atom. The average molecular weight is 286 g/mol. The van der Waals surface area contributed by atoms with E-state index in [1.54, 1.807) is 0 Å². The third-order valence-electron chi connectivity index (χ3n) is 2.97. The molecule has 1 saturated heterocycles. The van der Waals surface area contributed by atoms with Crippen LogP contribution in [0.1, 0.15) is 18.6 Å². The second-order valence-electron chi connectivity index (χ2n) is 4.41. The predicted octanol–water partition coefficient (Wildman–Crippen LogP) is -2.21. The van der Waals surface area contributed by atoms with E-state index in [-0.39, 0.29) is 12.2 Å². The summed E-state index contributed by atoms with van der Waals surface area (Å²) in [6.45, 7) is 0.952. The number of ether oxygens (including phenoxy) is 2. The number of carbonyl (C=O) groups excluding carboxylic acids is 1. The Kier molecular flexibility index (Phi) is 4.02. The summed E-state index contributed by atoms with van der Waals surface area (Å²) in [5, 5.41) is 19.7. The maximum atomic E-state index is 11.6. The van der Waals surface area contributed by atoms with E-state index >= 15 is 0 Å². The van der Waals surface area contributed by atoms with Gasteiger partial charge in [-0.05, 0) is 0 Å². The fourth-order valence-electron chi connectivity index (χ4n) is 1.97. The Hall–Kier alpha value is -1.97. The number of rotatable bonds is 3. The molecule has 2 heterocycles. The molecule has 4 atom stereocenters. The molecule has 9 heteroatoms. The van der Waals surface area contributed by atoms with Crippen LogP contribution in [-0.4, -0.2) is 51.1 Å². The zero-order valence-electron chi connectivity index (χ0n) is 10.5. The largest absolute Gasteiger partial charge is 0.463 e. The van der Waals surface area contributed by atoms with Crippen molar-refractivity contribution in [2.45, 2.75) is 31.3 Å². The molecule has 0 radical (unpaired) electrons. The van der Waals surface area contributed by atoms with E-state index < -0.39 is 41.6 Å². The summed E-state index contributed by atoms with van der Waals surface area (Å²) >= 11 is 0. The van der Waals surface area contributed by atoms with Gasteiger partial charge in [0.25, 0.3) is 5.56 Å². The van der Waals surface area contributed by atoms with Crippen molar-refractivity contribution >= 4 is 5.97 Å². The highest BCUT2D eigenvalue weighted by atomic mass is 16.6. The number of hydrogen-bond donors (Lipinski definition) is 4. The Morgan fingerprint density at radius 2 is 2.10 bits per heavy atom. The summed E-state index contributed by atoms with van der Waals surface area (Å²) < 4.78 is 10.0. The monoisotopic (exact) mass is 286 g/mol. The molecule has 1 aromatic heterocycles. The summed E-state index contributed by atoms with van der Waals surface area (Å²) in [7, 11) is 0. The minimum absolute atomic E-state index is 0.0264. The zero-order valence-corrected chi connectivity index (χ0v) is 10.5. The SMILES string of the molecule is CC(=O)OC[C@H]1O[C@@H](c2c[nH]c(=O)[nH]c2=O)[C@H](O)[C@@H]1O. The molecule has 0 bridgehead atoms. The summed E-state index contributed by atoms with van der Waals surface area (Å²) in [5.74, 6) is -0.555. The van der Waals surface area contributed by atoms with Crippen molar-refractivity contribution in [1.82, 2.24) is 9.97 Å². The molecule has 0 spiro atoms. The van der Waals surface area contributed by atoms with Crippen molar-refractivity contribution in [3.05, 3.63) is 32.6 Å². The fraction of sp³-hybridized carbons (Fsp3) is 0.545. The lowest BCUT2D eigenvalue weighted by Gasteiger charge is -2.13. The van der Waals surface area contributed by atoms with Gasteiger partial charge in [0.1, 0.15) is 31.0 Å². The summed E-state index contributed by atoms with van der Waals surface area (Å²) in [5.41, 5.74) is -1.44. The van der Waals surface area contributed by atoms with Crippen LogP contribution in [0.4, 0.5) is 0 Å². The summed E-state index contributed by atoms with van der Waals surface area (Å²) in [4.78, 5) is 37.5. The zero-order chi connectivity index (χ0) is 14.9. The van der Waals surface area contributed by atoms with Gasteiger partial charge < -0.3 is 24.7 Å². The van der Waals surface area contributed by atoms with Gasteiger partial charge in [-0.1, -0.05) is 0 Å². The molecule has 1 aromatic rings. The molecule has 2 rings (SSSR count). The standard InChI is InChI=1S/C11H14N2O7/c1-4(14)19-3-6-7(15)8(16)9(20-6)5-2-12-11(18)13-10(5)17/h2,6-9,15-16H,3H2,1H3,(H2,12,13,17,18)/t6-,7-,8-,9+/m1/s1. The van der Waals surface area contributed by atoms with Crippen molar-refractivity contribution in [2.24, 2.45) is 0 Å². The number of aromatic amines is 2. The third-order valence-corrected chi connectivity index (χ3v) is 2.97. The van der Waals surface area contributed by atoms with E-state index in [1.807, 2.05) is 4.98 Å². The number of carbonyl (C=O) groups is 1.